The Hall–Kier alpha value is -1.95. The Morgan fingerprint density at radius 3 is 2.44 bits per heavy atom. The van der Waals surface area contributed by atoms with E-state index in [1.54, 1.807) is 0 Å². The molecule has 1 atom stereocenters. The number of para-hydroxylation sites is 1. The number of aliphatic hydroxyl groups is 1. The van der Waals surface area contributed by atoms with Gasteiger partial charge in [-0.2, -0.15) is 0 Å². The largest absolute Gasteiger partial charge is 0.365 e. The summed E-state index contributed by atoms with van der Waals surface area (Å²) in [5.41, 5.74) is -0.152. The first-order valence-corrected chi connectivity index (χ1v) is 4.57. The molecule has 1 aromatic rings. The summed E-state index contributed by atoms with van der Waals surface area (Å²) in [7, 11) is 1.27. The second-order valence-electron chi connectivity index (χ2n) is 3.39. The summed E-state index contributed by atoms with van der Waals surface area (Å²) in [5, 5.41) is 9.35. The lowest BCUT2D eigenvalue weighted by atomic mass is 10.3. The summed E-state index contributed by atoms with van der Waals surface area (Å²) in [6.07, 6.45) is -1.55. The lowest BCUT2D eigenvalue weighted by Gasteiger charge is -2.13. The van der Waals surface area contributed by atoms with Gasteiger partial charge in [-0.05, 0) is 12.1 Å². The Morgan fingerprint density at radius 2 is 1.94 bits per heavy atom. The molecule has 6 heteroatoms. The minimum atomic E-state index is -1.55. The molecule has 1 heterocycles. The van der Waals surface area contributed by atoms with Gasteiger partial charge in [0.1, 0.15) is 5.82 Å². The average Bonchev–Trinajstić information content (AvgIpc) is 2.45. The van der Waals surface area contributed by atoms with Crippen LogP contribution in [-0.2, 0) is 4.79 Å². The number of urea groups is 1. The van der Waals surface area contributed by atoms with Gasteiger partial charge in [-0.15, -0.1) is 0 Å². The second kappa shape index (κ2) is 3.57. The van der Waals surface area contributed by atoms with Crippen molar-refractivity contribution in [2.24, 2.45) is 0 Å². The van der Waals surface area contributed by atoms with E-state index in [9.17, 15) is 19.1 Å². The van der Waals surface area contributed by atoms with E-state index in [0.717, 1.165) is 11.0 Å². The molecule has 0 aliphatic carbocycles. The van der Waals surface area contributed by atoms with Crippen molar-refractivity contribution >= 4 is 17.6 Å². The molecule has 0 bridgehead atoms. The highest BCUT2D eigenvalue weighted by molar-refractivity contribution is 6.20. The molecular formula is C10H9FN2O3. The molecule has 0 spiro atoms. The van der Waals surface area contributed by atoms with Crippen molar-refractivity contribution in [3.05, 3.63) is 30.1 Å². The van der Waals surface area contributed by atoms with E-state index >= 15 is 0 Å². The fourth-order valence-electron chi connectivity index (χ4n) is 1.49. The lowest BCUT2D eigenvalue weighted by molar-refractivity contribution is -0.128. The third kappa shape index (κ3) is 1.35. The van der Waals surface area contributed by atoms with Crippen LogP contribution < -0.4 is 4.90 Å². The number of imide groups is 1. The molecule has 5 nitrogen and oxygen atoms in total. The van der Waals surface area contributed by atoms with E-state index < -0.39 is 24.0 Å². The molecule has 16 heavy (non-hydrogen) atoms. The number of likely N-dealkylation sites (N-methyl/N-ethyl adjacent to an activating group) is 1. The maximum absolute atomic E-state index is 13.4. The maximum Gasteiger partial charge on any atom is 0.333 e. The number of hydrogen-bond donors (Lipinski definition) is 1. The number of benzene rings is 1. The molecule has 1 fully saturated rings. The standard InChI is InChI=1S/C10H9FN2O3/c1-12-8(14)9(15)13(10(12)16)7-5-3-2-4-6(7)11/h2-5,8,14H,1H3. The van der Waals surface area contributed by atoms with Crippen LogP contribution in [0, 0.1) is 5.82 Å². The number of carbonyl (C=O) groups is 2. The minimum Gasteiger partial charge on any atom is -0.365 e. The van der Waals surface area contributed by atoms with Gasteiger partial charge in [0.25, 0.3) is 5.91 Å². The molecule has 1 aliphatic heterocycles. The summed E-state index contributed by atoms with van der Waals surface area (Å²) < 4.78 is 13.4. The van der Waals surface area contributed by atoms with Gasteiger partial charge in [0.05, 0.1) is 5.69 Å². The monoisotopic (exact) mass is 224 g/mol. The van der Waals surface area contributed by atoms with Crippen LogP contribution >= 0.6 is 0 Å². The number of anilines is 1. The third-order valence-electron chi connectivity index (χ3n) is 2.39. The van der Waals surface area contributed by atoms with Crippen LogP contribution in [0.3, 0.4) is 0 Å². The van der Waals surface area contributed by atoms with Crippen molar-refractivity contribution in [2.75, 3.05) is 11.9 Å². The first-order chi connectivity index (χ1) is 7.54. The molecule has 1 N–H and O–H groups in total. The van der Waals surface area contributed by atoms with E-state index in [-0.39, 0.29) is 5.69 Å². The van der Waals surface area contributed by atoms with E-state index in [2.05, 4.69) is 0 Å². The highest BCUT2D eigenvalue weighted by Crippen LogP contribution is 2.25. The summed E-state index contributed by atoms with van der Waals surface area (Å²) in [6, 6.07) is 4.65. The van der Waals surface area contributed by atoms with Crippen LogP contribution in [0.5, 0.6) is 0 Å². The van der Waals surface area contributed by atoms with Gasteiger partial charge in [-0.25, -0.2) is 14.1 Å². The van der Waals surface area contributed by atoms with Crippen LogP contribution in [0.1, 0.15) is 0 Å². The predicted octanol–water partition coefficient (Wildman–Crippen LogP) is 0.542. The second-order valence-corrected chi connectivity index (χ2v) is 3.39. The van der Waals surface area contributed by atoms with Gasteiger partial charge in [0, 0.05) is 7.05 Å². The first-order valence-electron chi connectivity index (χ1n) is 4.57. The molecule has 0 radical (unpaired) electrons. The van der Waals surface area contributed by atoms with Crippen molar-refractivity contribution in [2.45, 2.75) is 6.23 Å². The topological polar surface area (TPSA) is 60.9 Å². The van der Waals surface area contributed by atoms with Crippen LogP contribution in [0.15, 0.2) is 24.3 Å². The maximum atomic E-state index is 13.4. The number of carbonyl (C=O) groups excluding carboxylic acids is 2. The van der Waals surface area contributed by atoms with Crippen molar-refractivity contribution in [1.29, 1.82) is 0 Å². The fraction of sp³-hybridized carbons (Fsp3) is 0.200. The smallest absolute Gasteiger partial charge is 0.333 e. The minimum absolute atomic E-state index is 0.152. The highest BCUT2D eigenvalue weighted by atomic mass is 19.1. The lowest BCUT2D eigenvalue weighted by Crippen LogP contribution is -2.32. The van der Waals surface area contributed by atoms with Crippen molar-refractivity contribution in [1.82, 2.24) is 4.90 Å². The molecule has 1 aromatic carbocycles. The number of halogens is 1. The molecule has 0 saturated carbocycles. The zero-order chi connectivity index (χ0) is 11.9. The van der Waals surface area contributed by atoms with Gasteiger partial charge in [0.2, 0.25) is 6.23 Å². The Morgan fingerprint density at radius 1 is 1.31 bits per heavy atom. The van der Waals surface area contributed by atoms with Crippen LogP contribution in [-0.4, -0.2) is 35.2 Å². The Bertz CT molecular complexity index is 443. The summed E-state index contributed by atoms with van der Waals surface area (Å²) >= 11 is 0. The molecule has 1 saturated heterocycles. The SMILES string of the molecule is CN1C(=O)N(c2ccccc2F)C(=O)C1O. The van der Waals surface area contributed by atoms with E-state index in [1.807, 2.05) is 0 Å². The molecule has 0 aromatic heterocycles. The zero-order valence-corrected chi connectivity index (χ0v) is 8.42. The van der Waals surface area contributed by atoms with Crippen molar-refractivity contribution in [3.63, 3.8) is 0 Å². The van der Waals surface area contributed by atoms with Gasteiger partial charge in [-0.1, -0.05) is 12.1 Å². The van der Waals surface area contributed by atoms with Gasteiger partial charge < -0.3 is 5.11 Å². The molecule has 1 aliphatic rings. The molecular weight excluding hydrogens is 215 g/mol. The fourth-order valence-corrected chi connectivity index (χ4v) is 1.49. The Labute approximate surface area is 90.7 Å². The number of nitrogens with zero attached hydrogens (tertiary/aromatic N) is 2. The molecule has 84 valence electrons. The van der Waals surface area contributed by atoms with Crippen LogP contribution in [0.25, 0.3) is 0 Å². The average molecular weight is 224 g/mol. The van der Waals surface area contributed by atoms with Crippen molar-refractivity contribution in [3.8, 4) is 0 Å². The number of rotatable bonds is 1. The highest BCUT2D eigenvalue weighted by Gasteiger charge is 2.43. The number of hydrogen-bond acceptors (Lipinski definition) is 3. The normalized spacial score (nSPS) is 20.8. The third-order valence-corrected chi connectivity index (χ3v) is 2.39. The zero-order valence-electron chi connectivity index (χ0n) is 8.42. The van der Waals surface area contributed by atoms with Crippen molar-refractivity contribution < 1.29 is 19.1 Å². The van der Waals surface area contributed by atoms with Crippen LogP contribution in [0.2, 0.25) is 0 Å². The summed E-state index contributed by atoms with van der Waals surface area (Å²) in [5.74, 6) is -1.54. The Kier molecular flexibility index (Phi) is 2.35. The van der Waals surface area contributed by atoms with E-state index in [1.165, 1.54) is 25.2 Å². The predicted molar refractivity (Wildman–Crippen MR) is 53.1 cm³/mol. The van der Waals surface area contributed by atoms with Gasteiger partial charge in [-0.3, -0.25) is 9.69 Å². The van der Waals surface area contributed by atoms with E-state index in [0.29, 0.717) is 4.90 Å². The summed E-state index contributed by atoms with van der Waals surface area (Å²) in [4.78, 5) is 24.6. The first kappa shape index (κ1) is 10.6. The molecule has 2 rings (SSSR count). The van der Waals surface area contributed by atoms with Gasteiger partial charge in [0.15, 0.2) is 0 Å². The quantitative estimate of drug-likeness (QED) is 0.708. The van der Waals surface area contributed by atoms with E-state index in [4.69, 9.17) is 0 Å². The number of aliphatic hydroxyl groups excluding tert-OH is 1. The Balaban J connectivity index is 2.47. The summed E-state index contributed by atoms with van der Waals surface area (Å²) in [6.45, 7) is 0. The number of amides is 3. The molecule has 3 amide bonds. The van der Waals surface area contributed by atoms with Crippen LogP contribution in [0.4, 0.5) is 14.9 Å². The molecule has 1 unspecified atom stereocenters. The van der Waals surface area contributed by atoms with Gasteiger partial charge >= 0.3 is 6.03 Å².